The van der Waals surface area contributed by atoms with Gasteiger partial charge in [-0.05, 0) is 169 Å². The number of benzene rings is 4. The third-order valence-corrected chi connectivity index (χ3v) is 17.8. The number of pyridine rings is 6. The molecule has 0 aliphatic carbocycles. The molecule has 0 bridgehead atoms. The molecule has 0 radical (unpaired) electrons. The molecular weight excluding hydrogens is 1190 g/mol. The number of rotatable bonds is 27. The SMILES string of the molecule is CCc1cccc(CC)c1NC(=O)N(CCCCOc1cc(CN(Cc2ccccn2)Cc2ccccn2)cc(CN(Cc2ccccn2)Cc2ccccn2)c1)Cc1ccc(C(=O)Oc2ccc3nc4c(c(CC)c3c2)Cn2c-4cc3c(c2=O)COC(=O)[C@@]3(O)CC)cc1. The van der Waals surface area contributed by atoms with Crippen molar-refractivity contribution in [3.8, 4) is 22.9 Å². The number of nitrogens with zero attached hydrogens (tertiary/aromatic N) is 9. The number of carbonyl (C=O) groups excluding carboxylic acids is 3. The number of hydrogen-bond donors (Lipinski definition) is 2. The van der Waals surface area contributed by atoms with Crippen LogP contribution in [0, 0.1) is 0 Å². The summed E-state index contributed by atoms with van der Waals surface area (Å²) in [4.78, 5) is 85.6. The molecule has 0 unspecified atom stereocenters. The average molecular weight is 1270 g/mol. The first-order valence-electron chi connectivity index (χ1n) is 32.8. The third kappa shape index (κ3) is 15.1. The van der Waals surface area contributed by atoms with Gasteiger partial charge in [-0.25, -0.2) is 19.4 Å². The van der Waals surface area contributed by atoms with Gasteiger partial charge in [-0.3, -0.25) is 34.5 Å². The maximum Gasteiger partial charge on any atom is 0.343 e. The van der Waals surface area contributed by atoms with Crippen molar-refractivity contribution in [2.24, 2.45) is 0 Å². The van der Waals surface area contributed by atoms with Gasteiger partial charge < -0.3 is 34.1 Å². The number of anilines is 1. The van der Waals surface area contributed by atoms with Crippen molar-refractivity contribution in [1.29, 1.82) is 0 Å². The summed E-state index contributed by atoms with van der Waals surface area (Å²) in [7, 11) is 0. The lowest BCUT2D eigenvalue weighted by Crippen LogP contribution is -2.44. The molecule has 2 N–H and O–H groups in total. The highest BCUT2D eigenvalue weighted by Gasteiger charge is 2.45. The normalized spacial score (nSPS) is 13.9. The maximum absolute atomic E-state index is 14.6. The minimum Gasteiger partial charge on any atom is -0.494 e. The van der Waals surface area contributed by atoms with Crippen molar-refractivity contribution < 1.29 is 33.7 Å². The molecule has 6 aromatic heterocycles. The summed E-state index contributed by atoms with van der Waals surface area (Å²) in [5.41, 5.74) is 11.9. The van der Waals surface area contributed by atoms with E-state index in [0.717, 1.165) is 91.4 Å². The largest absolute Gasteiger partial charge is 0.494 e. The Hall–Kier alpha value is -10.3. The summed E-state index contributed by atoms with van der Waals surface area (Å²) in [5, 5.41) is 15.5. The van der Waals surface area contributed by atoms with E-state index < -0.39 is 17.5 Å². The summed E-state index contributed by atoms with van der Waals surface area (Å²) in [5.74, 6) is -0.253. The van der Waals surface area contributed by atoms with Crippen molar-refractivity contribution >= 4 is 34.6 Å². The molecule has 0 saturated heterocycles. The van der Waals surface area contributed by atoms with Gasteiger partial charge in [0.1, 0.15) is 18.1 Å². The highest BCUT2D eigenvalue weighted by atomic mass is 16.6. The number of cyclic esters (lactones) is 1. The average Bonchev–Trinajstić information content (AvgIpc) is 1.63. The molecule has 484 valence electrons. The van der Waals surface area contributed by atoms with E-state index in [-0.39, 0.29) is 48.8 Å². The fourth-order valence-corrected chi connectivity index (χ4v) is 12.9. The third-order valence-electron chi connectivity index (χ3n) is 17.8. The van der Waals surface area contributed by atoms with E-state index in [0.29, 0.717) is 99.9 Å². The lowest BCUT2D eigenvalue weighted by Gasteiger charge is -2.31. The van der Waals surface area contributed by atoms with E-state index in [1.54, 1.807) is 47.9 Å². The number of aromatic nitrogens is 6. The van der Waals surface area contributed by atoms with Gasteiger partial charge >= 0.3 is 18.0 Å². The Morgan fingerprint density at radius 2 is 1.20 bits per heavy atom. The highest BCUT2D eigenvalue weighted by molar-refractivity contribution is 5.94. The number of urea groups is 1. The van der Waals surface area contributed by atoms with Gasteiger partial charge in [0.25, 0.3) is 5.56 Å². The second kappa shape index (κ2) is 29.8. The lowest BCUT2D eigenvalue weighted by atomic mass is 9.86. The summed E-state index contributed by atoms with van der Waals surface area (Å²) >= 11 is 0. The zero-order valence-corrected chi connectivity index (χ0v) is 54.2. The van der Waals surface area contributed by atoms with Crippen molar-refractivity contribution in [3.63, 3.8) is 0 Å². The number of aryl methyl sites for hydroxylation is 3. The van der Waals surface area contributed by atoms with Gasteiger partial charge in [0.15, 0.2) is 5.60 Å². The Morgan fingerprint density at radius 1 is 0.611 bits per heavy atom. The number of ether oxygens (including phenoxy) is 3. The zero-order valence-electron chi connectivity index (χ0n) is 54.2. The molecule has 0 spiro atoms. The monoisotopic (exact) mass is 1270 g/mol. The first-order valence-corrected chi connectivity index (χ1v) is 32.8. The van der Waals surface area contributed by atoms with Crippen LogP contribution in [0.25, 0.3) is 22.3 Å². The molecule has 95 heavy (non-hydrogen) atoms. The number of carbonyl (C=O) groups is 3. The first-order chi connectivity index (χ1) is 46.4. The Kier molecular flexibility index (Phi) is 20.3. The van der Waals surface area contributed by atoms with Crippen molar-refractivity contribution in [1.82, 2.24) is 44.2 Å². The highest BCUT2D eigenvalue weighted by Crippen LogP contribution is 2.41. The van der Waals surface area contributed by atoms with Crippen LogP contribution in [0.2, 0.25) is 0 Å². The van der Waals surface area contributed by atoms with Gasteiger partial charge in [0.2, 0.25) is 0 Å². The molecule has 18 heteroatoms. The Bertz CT molecular complexity index is 4210. The Labute approximate surface area is 553 Å². The molecule has 18 nitrogen and oxygen atoms in total. The van der Waals surface area contributed by atoms with Crippen LogP contribution in [0.5, 0.6) is 11.5 Å². The van der Waals surface area contributed by atoms with Gasteiger partial charge in [-0.15, -0.1) is 0 Å². The smallest absolute Gasteiger partial charge is 0.343 e. The molecule has 10 aromatic rings. The molecular formula is C77H78N10O8. The lowest BCUT2D eigenvalue weighted by molar-refractivity contribution is -0.172. The quantitative estimate of drug-likeness (QED) is 0.0279. The van der Waals surface area contributed by atoms with Crippen molar-refractivity contribution in [3.05, 3.63) is 271 Å². The van der Waals surface area contributed by atoms with E-state index in [4.69, 9.17) is 19.2 Å². The number of fused-ring (bicyclic) bond motifs is 5. The van der Waals surface area contributed by atoms with Gasteiger partial charge in [-0.1, -0.05) is 88.4 Å². The fourth-order valence-electron chi connectivity index (χ4n) is 12.9. The number of aliphatic hydroxyl groups is 1. The van der Waals surface area contributed by atoms with Crippen LogP contribution in [0.4, 0.5) is 10.5 Å². The van der Waals surface area contributed by atoms with Crippen LogP contribution in [-0.2, 0) is 93.4 Å². The molecule has 8 heterocycles. The first kappa shape index (κ1) is 64.8. The summed E-state index contributed by atoms with van der Waals surface area (Å²) in [6, 6.07) is 50.6. The summed E-state index contributed by atoms with van der Waals surface area (Å²) in [6.07, 6.45) is 10.8. The molecule has 1 atom stereocenters. The summed E-state index contributed by atoms with van der Waals surface area (Å²) < 4.78 is 19.7. The molecule has 2 aliphatic heterocycles. The standard InChI is InChI=1S/C77H78N10O8/c1-5-55-20-19-21-56(6-2)71(55)83-76(91)86(45-52-26-28-57(29-27-52)74(89)95-62-30-31-69-65(41-62)64(7-3)66-50-87-70(72(66)82-69)42-68-67(73(87)88)51-94-75(90)77(68,92)8-4)36-17-18-37-93-63-39-53(43-84(46-58-22-9-13-32-78-58)47-59-23-10-14-33-79-59)38-54(40-63)44-85(48-60-24-11-15-34-80-60)49-61-25-12-16-35-81-61/h9-16,19-35,38-42,92H,5-8,17-18,36-37,43-51H2,1-4H3,(H,83,91)/t77-/m1/s1. The summed E-state index contributed by atoms with van der Waals surface area (Å²) in [6.45, 7) is 12.7. The molecule has 2 amide bonds. The van der Waals surface area contributed by atoms with Gasteiger partial charge in [0.05, 0.1) is 64.0 Å². The predicted molar refractivity (Wildman–Crippen MR) is 364 cm³/mol. The van der Waals surface area contributed by atoms with E-state index in [9.17, 15) is 24.3 Å². The fraction of sp³-hybridized carbons (Fsp3) is 0.286. The van der Waals surface area contributed by atoms with E-state index in [2.05, 4.69) is 79.2 Å². The number of unbranched alkanes of at least 4 members (excludes halogenated alkanes) is 1. The van der Waals surface area contributed by atoms with Crippen LogP contribution in [0.1, 0.15) is 130 Å². The Morgan fingerprint density at radius 3 is 1.74 bits per heavy atom. The molecule has 4 aromatic carbocycles. The van der Waals surface area contributed by atoms with Gasteiger partial charge in [-0.2, -0.15) is 0 Å². The molecule has 0 fully saturated rings. The van der Waals surface area contributed by atoms with Crippen LogP contribution >= 0.6 is 0 Å². The minimum absolute atomic E-state index is 0.0458. The van der Waals surface area contributed by atoms with Crippen LogP contribution in [0.15, 0.2) is 187 Å². The number of nitrogens with one attached hydrogen (secondary N) is 1. The number of esters is 2. The number of amides is 2. The second-order valence-electron chi connectivity index (χ2n) is 24.3. The van der Waals surface area contributed by atoms with E-state index in [1.165, 1.54) is 0 Å². The van der Waals surface area contributed by atoms with E-state index >= 15 is 0 Å². The van der Waals surface area contributed by atoms with Crippen molar-refractivity contribution in [2.75, 3.05) is 18.5 Å². The molecule has 2 aliphatic rings. The second-order valence-corrected chi connectivity index (χ2v) is 24.3. The van der Waals surface area contributed by atoms with Crippen LogP contribution in [0.3, 0.4) is 0 Å². The number of para-hydroxylation sites is 1. The number of hydrogen-bond acceptors (Lipinski definition) is 15. The maximum atomic E-state index is 14.6. The van der Waals surface area contributed by atoms with Gasteiger partial charge in [0, 0.05) is 99.3 Å². The van der Waals surface area contributed by atoms with Crippen LogP contribution in [-0.4, -0.2) is 80.4 Å². The zero-order chi connectivity index (χ0) is 65.8. The Balaban J connectivity index is 0.754. The molecule has 12 rings (SSSR count). The topological polar surface area (TPSA) is 207 Å². The molecule has 0 saturated carbocycles. The minimum atomic E-state index is -1.94. The van der Waals surface area contributed by atoms with Crippen LogP contribution < -0.4 is 20.3 Å². The van der Waals surface area contributed by atoms with Crippen molar-refractivity contribution in [2.45, 2.75) is 131 Å². The predicted octanol–water partition coefficient (Wildman–Crippen LogP) is 12.9. The van der Waals surface area contributed by atoms with E-state index in [1.807, 2.05) is 128 Å².